The van der Waals surface area contributed by atoms with Crippen LogP contribution in [-0.2, 0) is 23.1 Å². The Balaban J connectivity index is 1.85. The van der Waals surface area contributed by atoms with Gasteiger partial charge in [-0.15, -0.1) is 0 Å². The number of aliphatic carboxylic acids is 1. The smallest absolute Gasteiger partial charge is 0.308 e. The molecule has 3 rings (SSSR count). The molecule has 25 heavy (non-hydrogen) atoms. The van der Waals surface area contributed by atoms with Gasteiger partial charge >= 0.3 is 5.97 Å². The molecule has 1 fully saturated rings. The van der Waals surface area contributed by atoms with Gasteiger partial charge in [0, 0.05) is 31.8 Å². The monoisotopic (exact) mass is 345 g/mol. The Morgan fingerprint density at radius 1 is 1.36 bits per heavy atom. The molecule has 132 valence electrons. The fraction of sp³-hybridized carbons (Fsp3) is 0.389. The predicted molar refractivity (Wildman–Crippen MR) is 88.1 cm³/mol. The van der Waals surface area contributed by atoms with Gasteiger partial charge in [0.2, 0.25) is 5.91 Å². The largest absolute Gasteiger partial charge is 0.481 e. The predicted octanol–water partition coefficient (Wildman–Crippen LogP) is 2.17. The standard InChI is InChI=1S/C18H20FN3O3/c1-21-11-13(10-20-21)17-15(18(24)25)6-7-16(23)22(17)9-8-12-2-4-14(19)5-3-12/h2-5,10-11,15,17H,6-9H2,1H3,(H,24,25). The summed E-state index contributed by atoms with van der Waals surface area (Å²) in [5.74, 6) is -1.94. The topological polar surface area (TPSA) is 75.4 Å². The molecule has 0 radical (unpaired) electrons. The van der Waals surface area contributed by atoms with Crippen molar-refractivity contribution >= 4 is 11.9 Å². The van der Waals surface area contributed by atoms with Gasteiger partial charge in [-0.3, -0.25) is 14.3 Å². The average molecular weight is 345 g/mol. The maximum atomic E-state index is 13.0. The average Bonchev–Trinajstić information content (AvgIpc) is 3.00. The minimum atomic E-state index is -0.909. The van der Waals surface area contributed by atoms with E-state index in [0.29, 0.717) is 19.4 Å². The second-order valence-corrected chi connectivity index (χ2v) is 6.34. The van der Waals surface area contributed by atoms with E-state index in [1.165, 1.54) is 12.1 Å². The van der Waals surface area contributed by atoms with Gasteiger partial charge in [0.15, 0.2) is 0 Å². The molecule has 1 saturated heterocycles. The number of carboxylic acids is 1. The minimum Gasteiger partial charge on any atom is -0.481 e. The molecule has 0 aliphatic carbocycles. The van der Waals surface area contributed by atoms with Gasteiger partial charge < -0.3 is 10.0 Å². The van der Waals surface area contributed by atoms with Gasteiger partial charge in [0.05, 0.1) is 18.2 Å². The number of carboxylic acid groups (broad SMARTS) is 1. The number of piperidine rings is 1. The highest BCUT2D eigenvalue weighted by Crippen LogP contribution is 2.36. The molecule has 1 aromatic heterocycles. The summed E-state index contributed by atoms with van der Waals surface area (Å²) >= 11 is 0. The van der Waals surface area contributed by atoms with Crippen molar-refractivity contribution in [1.82, 2.24) is 14.7 Å². The summed E-state index contributed by atoms with van der Waals surface area (Å²) in [7, 11) is 1.76. The van der Waals surface area contributed by atoms with Crippen LogP contribution in [0.25, 0.3) is 0 Å². The van der Waals surface area contributed by atoms with Crippen molar-refractivity contribution in [1.29, 1.82) is 0 Å². The molecular formula is C18H20FN3O3. The summed E-state index contributed by atoms with van der Waals surface area (Å²) in [6.07, 6.45) is 4.45. The van der Waals surface area contributed by atoms with E-state index in [0.717, 1.165) is 11.1 Å². The zero-order valence-corrected chi connectivity index (χ0v) is 13.9. The normalized spacial score (nSPS) is 20.7. The maximum Gasteiger partial charge on any atom is 0.308 e. The first kappa shape index (κ1) is 17.1. The van der Waals surface area contributed by atoms with Crippen molar-refractivity contribution in [2.24, 2.45) is 13.0 Å². The molecule has 2 heterocycles. The molecular weight excluding hydrogens is 325 g/mol. The molecule has 2 unspecified atom stereocenters. The van der Waals surface area contributed by atoms with Crippen molar-refractivity contribution in [2.45, 2.75) is 25.3 Å². The molecule has 0 saturated carbocycles. The lowest BCUT2D eigenvalue weighted by Gasteiger charge is -2.39. The minimum absolute atomic E-state index is 0.0616. The molecule has 1 aromatic carbocycles. The first-order chi connectivity index (χ1) is 12.0. The first-order valence-electron chi connectivity index (χ1n) is 8.21. The van der Waals surface area contributed by atoms with Crippen LogP contribution >= 0.6 is 0 Å². The molecule has 1 aliphatic rings. The number of likely N-dealkylation sites (tertiary alicyclic amines) is 1. The molecule has 1 amide bonds. The Hall–Kier alpha value is -2.70. The van der Waals surface area contributed by atoms with Crippen molar-refractivity contribution in [3.63, 3.8) is 0 Å². The Morgan fingerprint density at radius 2 is 2.08 bits per heavy atom. The number of hydrogen-bond acceptors (Lipinski definition) is 3. The molecule has 2 aromatic rings. The number of rotatable bonds is 5. The highest BCUT2D eigenvalue weighted by molar-refractivity contribution is 5.81. The summed E-state index contributed by atoms with van der Waals surface area (Å²) in [6, 6.07) is 5.58. The molecule has 2 atom stereocenters. The Morgan fingerprint density at radius 3 is 2.68 bits per heavy atom. The zero-order valence-electron chi connectivity index (χ0n) is 13.9. The van der Waals surface area contributed by atoms with Crippen LogP contribution in [0.3, 0.4) is 0 Å². The lowest BCUT2D eigenvalue weighted by atomic mass is 9.85. The van der Waals surface area contributed by atoms with E-state index in [4.69, 9.17) is 0 Å². The summed E-state index contributed by atoms with van der Waals surface area (Å²) in [4.78, 5) is 25.8. The van der Waals surface area contributed by atoms with Crippen LogP contribution in [0.2, 0.25) is 0 Å². The molecule has 6 nitrogen and oxygen atoms in total. The zero-order chi connectivity index (χ0) is 18.0. The van der Waals surface area contributed by atoms with Gasteiger partial charge in [0.25, 0.3) is 0 Å². The van der Waals surface area contributed by atoms with E-state index in [2.05, 4.69) is 5.10 Å². The second-order valence-electron chi connectivity index (χ2n) is 6.34. The molecule has 1 aliphatic heterocycles. The van der Waals surface area contributed by atoms with E-state index in [9.17, 15) is 19.1 Å². The third-order valence-corrected chi connectivity index (χ3v) is 4.64. The van der Waals surface area contributed by atoms with E-state index >= 15 is 0 Å². The maximum absolute atomic E-state index is 13.0. The highest BCUT2D eigenvalue weighted by Gasteiger charge is 2.41. The first-order valence-corrected chi connectivity index (χ1v) is 8.21. The van der Waals surface area contributed by atoms with Crippen LogP contribution in [0, 0.1) is 11.7 Å². The van der Waals surface area contributed by atoms with E-state index < -0.39 is 17.9 Å². The number of aromatic nitrogens is 2. The molecule has 1 N–H and O–H groups in total. The van der Waals surface area contributed by atoms with Crippen LogP contribution in [0.5, 0.6) is 0 Å². The third-order valence-electron chi connectivity index (χ3n) is 4.64. The van der Waals surface area contributed by atoms with E-state index in [1.807, 2.05) is 0 Å². The quantitative estimate of drug-likeness (QED) is 0.901. The van der Waals surface area contributed by atoms with Crippen LogP contribution in [-0.4, -0.2) is 38.2 Å². The summed E-state index contributed by atoms with van der Waals surface area (Å²) in [5, 5.41) is 13.7. The van der Waals surface area contributed by atoms with E-state index in [1.54, 1.807) is 41.2 Å². The van der Waals surface area contributed by atoms with Crippen LogP contribution in [0.15, 0.2) is 36.7 Å². The van der Waals surface area contributed by atoms with Crippen molar-refractivity contribution < 1.29 is 19.1 Å². The van der Waals surface area contributed by atoms with Crippen LogP contribution < -0.4 is 0 Å². The lowest BCUT2D eigenvalue weighted by Crippen LogP contribution is -2.46. The number of carbonyl (C=O) groups excluding carboxylic acids is 1. The fourth-order valence-corrected chi connectivity index (χ4v) is 3.38. The van der Waals surface area contributed by atoms with Gasteiger partial charge in [-0.05, 0) is 30.5 Å². The number of aryl methyl sites for hydroxylation is 1. The Kier molecular flexibility index (Phi) is 4.83. The number of nitrogens with zero attached hydrogens (tertiary/aromatic N) is 3. The SMILES string of the molecule is Cn1cc(C2C(C(=O)O)CCC(=O)N2CCc2ccc(F)cc2)cn1. The van der Waals surface area contributed by atoms with Crippen molar-refractivity contribution in [3.05, 3.63) is 53.6 Å². The number of halogens is 1. The Bertz CT molecular complexity index is 772. The summed E-state index contributed by atoms with van der Waals surface area (Å²) in [5.41, 5.74) is 1.62. The number of amides is 1. The molecule has 7 heteroatoms. The highest BCUT2D eigenvalue weighted by atomic mass is 19.1. The van der Waals surface area contributed by atoms with Crippen molar-refractivity contribution in [2.75, 3.05) is 6.54 Å². The van der Waals surface area contributed by atoms with Crippen LogP contribution in [0.1, 0.15) is 30.0 Å². The fourth-order valence-electron chi connectivity index (χ4n) is 3.38. The number of hydrogen-bond donors (Lipinski definition) is 1. The molecule has 0 spiro atoms. The number of carbonyl (C=O) groups is 2. The summed E-state index contributed by atoms with van der Waals surface area (Å²) in [6.45, 7) is 0.383. The Labute approximate surface area is 144 Å². The van der Waals surface area contributed by atoms with E-state index in [-0.39, 0.29) is 18.1 Å². The van der Waals surface area contributed by atoms with Gasteiger partial charge in [-0.2, -0.15) is 5.10 Å². The van der Waals surface area contributed by atoms with Crippen LogP contribution in [0.4, 0.5) is 4.39 Å². The van der Waals surface area contributed by atoms with Crippen molar-refractivity contribution in [3.8, 4) is 0 Å². The van der Waals surface area contributed by atoms with Gasteiger partial charge in [-0.25, -0.2) is 4.39 Å². The second kappa shape index (κ2) is 7.04. The third kappa shape index (κ3) is 3.70. The lowest BCUT2D eigenvalue weighted by molar-refractivity contribution is -0.152. The number of benzene rings is 1. The van der Waals surface area contributed by atoms with Gasteiger partial charge in [0.1, 0.15) is 5.82 Å². The summed E-state index contributed by atoms with van der Waals surface area (Å²) < 4.78 is 14.6. The molecule has 0 bridgehead atoms. The van der Waals surface area contributed by atoms with Gasteiger partial charge in [-0.1, -0.05) is 12.1 Å².